The van der Waals surface area contributed by atoms with Gasteiger partial charge in [0.25, 0.3) is 5.91 Å². The van der Waals surface area contributed by atoms with Gasteiger partial charge in [0.2, 0.25) is 0 Å². The minimum atomic E-state index is -0.106. The van der Waals surface area contributed by atoms with Gasteiger partial charge in [-0.1, -0.05) is 6.07 Å². The normalized spacial score (nSPS) is 13.6. The Morgan fingerprint density at radius 2 is 2.25 bits per heavy atom. The van der Waals surface area contributed by atoms with E-state index < -0.39 is 0 Å². The van der Waals surface area contributed by atoms with Crippen molar-refractivity contribution in [2.24, 2.45) is 0 Å². The third kappa shape index (κ3) is 3.20. The van der Waals surface area contributed by atoms with Crippen LogP contribution in [0.4, 0.5) is 5.69 Å². The number of rotatable bonds is 4. The van der Waals surface area contributed by atoms with Crippen LogP contribution in [0.25, 0.3) is 0 Å². The number of nitrogens with one attached hydrogen (secondary N) is 2. The van der Waals surface area contributed by atoms with Crippen LogP contribution in [-0.2, 0) is 17.9 Å². The van der Waals surface area contributed by atoms with Crippen molar-refractivity contribution < 1.29 is 9.53 Å². The Morgan fingerprint density at radius 3 is 3.05 bits per heavy atom. The van der Waals surface area contributed by atoms with Crippen molar-refractivity contribution in [3.8, 4) is 5.75 Å². The molecule has 1 aliphatic heterocycles. The summed E-state index contributed by atoms with van der Waals surface area (Å²) in [5, 5.41) is 8.27. The lowest BCUT2D eigenvalue weighted by molar-refractivity contribution is -0.118. The number of ether oxygens (including phenoxy) is 1. The van der Waals surface area contributed by atoms with Gasteiger partial charge in [-0.15, -0.1) is 11.3 Å². The Hall–Kier alpha value is -1.37. The van der Waals surface area contributed by atoms with Gasteiger partial charge < -0.3 is 15.4 Å². The fraction of sp³-hybridized carbons (Fsp3) is 0.214. The van der Waals surface area contributed by atoms with Gasteiger partial charge >= 0.3 is 0 Å². The quantitative estimate of drug-likeness (QED) is 0.888. The van der Waals surface area contributed by atoms with E-state index in [1.807, 2.05) is 18.2 Å². The smallest absolute Gasteiger partial charge is 0.262 e. The summed E-state index contributed by atoms with van der Waals surface area (Å²) in [6.45, 7) is 1.67. The van der Waals surface area contributed by atoms with Crippen LogP contribution in [0.5, 0.6) is 5.75 Å². The van der Waals surface area contributed by atoms with E-state index in [0.717, 1.165) is 34.6 Å². The molecule has 0 fully saturated rings. The Kier molecular flexibility index (Phi) is 4.05. The molecule has 104 valence electrons. The van der Waals surface area contributed by atoms with Crippen LogP contribution < -0.4 is 15.4 Å². The molecule has 1 aliphatic rings. The summed E-state index contributed by atoms with van der Waals surface area (Å²) in [7, 11) is 0. The van der Waals surface area contributed by atoms with E-state index in [1.165, 1.54) is 4.88 Å². The molecule has 0 bridgehead atoms. The second-order valence-electron chi connectivity index (χ2n) is 4.50. The molecule has 2 N–H and O–H groups in total. The molecule has 2 aromatic rings. The summed E-state index contributed by atoms with van der Waals surface area (Å²) in [6, 6.07) is 7.96. The molecule has 0 atom stereocenters. The fourth-order valence-corrected chi connectivity index (χ4v) is 3.44. The first kappa shape index (κ1) is 13.6. The molecule has 4 nitrogen and oxygen atoms in total. The maximum absolute atomic E-state index is 11.3. The van der Waals surface area contributed by atoms with Crippen molar-refractivity contribution in [3.63, 3.8) is 0 Å². The summed E-state index contributed by atoms with van der Waals surface area (Å²) in [5.41, 5.74) is 1.87. The summed E-state index contributed by atoms with van der Waals surface area (Å²) in [4.78, 5) is 12.6. The monoisotopic (exact) mass is 352 g/mol. The molecule has 0 radical (unpaired) electrons. The van der Waals surface area contributed by atoms with Crippen molar-refractivity contribution in [2.45, 2.75) is 13.1 Å². The van der Waals surface area contributed by atoms with Gasteiger partial charge in [0.05, 0.1) is 5.69 Å². The molecule has 0 unspecified atom stereocenters. The van der Waals surface area contributed by atoms with Gasteiger partial charge in [-0.2, -0.15) is 0 Å². The number of carbonyl (C=O) groups is 1. The van der Waals surface area contributed by atoms with Crippen LogP contribution in [0.3, 0.4) is 0 Å². The summed E-state index contributed by atoms with van der Waals surface area (Å²) >= 11 is 5.17. The summed E-state index contributed by atoms with van der Waals surface area (Å²) in [6.07, 6.45) is 0. The number of anilines is 1. The van der Waals surface area contributed by atoms with Crippen molar-refractivity contribution >= 4 is 38.9 Å². The molecule has 6 heteroatoms. The highest BCUT2D eigenvalue weighted by atomic mass is 79.9. The summed E-state index contributed by atoms with van der Waals surface area (Å²) in [5.74, 6) is 0.626. The third-order valence-corrected chi connectivity index (χ3v) is 4.62. The lowest BCUT2D eigenvalue weighted by atomic mass is 10.1. The minimum absolute atomic E-state index is 0.0951. The van der Waals surface area contributed by atoms with Crippen LogP contribution >= 0.6 is 27.3 Å². The maximum Gasteiger partial charge on any atom is 0.262 e. The zero-order valence-corrected chi connectivity index (χ0v) is 13.0. The predicted octanol–water partition coefficient (Wildman–Crippen LogP) is 3.13. The Balaban J connectivity index is 1.60. The van der Waals surface area contributed by atoms with E-state index in [1.54, 1.807) is 11.3 Å². The first-order chi connectivity index (χ1) is 9.70. The SMILES string of the molecule is O=C1COc2ccc(CNCc3cc(Br)cs3)cc2N1. The van der Waals surface area contributed by atoms with Crippen LogP contribution in [0, 0.1) is 0 Å². The molecule has 1 amide bonds. The number of halogens is 1. The largest absolute Gasteiger partial charge is 0.482 e. The highest BCUT2D eigenvalue weighted by Gasteiger charge is 2.15. The van der Waals surface area contributed by atoms with Crippen LogP contribution in [0.1, 0.15) is 10.4 Å². The molecule has 1 aromatic heterocycles. The number of hydrogen-bond donors (Lipinski definition) is 2. The molecule has 3 rings (SSSR count). The van der Waals surface area contributed by atoms with E-state index >= 15 is 0 Å². The third-order valence-electron chi connectivity index (χ3n) is 2.93. The number of thiophene rings is 1. The van der Waals surface area contributed by atoms with E-state index in [-0.39, 0.29) is 12.5 Å². The lowest BCUT2D eigenvalue weighted by Gasteiger charge is -2.18. The van der Waals surface area contributed by atoms with Crippen LogP contribution in [-0.4, -0.2) is 12.5 Å². The lowest BCUT2D eigenvalue weighted by Crippen LogP contribution is -2.25. The number of hydrogen-bond acceptors (Lipinski definition) is 4. The van der Waals surface area contributed by atoms with Gasteiger partial charge in [-0.05, 0) is 39.7 Å². The van der Waals surface area contributed by atoms with Crippen molar-refractivity contribution in [3.05, 3.63) is 44.6 Å². The first-order valence-corrected chi connectivity index (χ1v) is 7.87. The molecule has 0 spiro atoms. The van der Waals surface area contributed by atoms with Gasteiger partial charge in [-0.25, -0.2) is 0 Å². The Bertz CT molecular complexity index is 642. The van der Waals surface area contributed by atoms with Gasteiger partial charge in [0.15, 0.2) is 6.61 Å². The van der Waals surface area contributed by atoms with Crippen LogP contribution in [0.2, 0.25) is 0 Å². The standard InChI is InChI=1S/C14H13BrN2O2S/c15-10-4-11(20-8-10)6-16-5-9-1-2-13-12(3-9)17-14(18)7-19-13/h1-4,8,16H,5-7H2,(H,17,18). The average molecular weight is 353 g/mol. The number of amides is 1. The highest BCUT2D eigenvalue weighted by Crippen LogP contribution is 2.28. The van der Waals surface area contributed by atoms with E-state index in [4.69, 9.17) is 4.74 Å². The van der Waals surface area contributed by atoms with Crippen molar-refractivity contribution in [1.29, 1.82) is 0 Å². The van der Waals surface area contributed by atoms with E-state index in [9.17, 15) is 4.79 Å². The summed E-state index contributed by atoms with van der Waals surface area (Å²) < 4.78 is 6.45. The molecule has 1 aromatic carbocycles. The second kappa shape index (κ2) is 5.95. The maximum atomic E-state index is 11.3. The van der Waals surface area contributed by atoms with Gasteiger partial charge in [-0.3, -0.25) is 4.79 Å². The fourth-order valence-electron chi connectivity index (χ4n) is 2.02. The zero-order chi connectivity index (χ0) is 13.9. The number of fused-ring (bicyclic) bond motifs is 1. The van der Waals surface area contributed by atoms with Gasteiger partial charge in [0, 0.05) is 27.8 Å². The van der Waals surface area contributed by atoms with Gasteiger partial charge in [0.1, 0.15) is 5.75 Å². The minimum Gasteiger partial charge on any atom is -0.482 e. The molecular formula is C14H13BrN2O2S. The molecule has 0 saturated heterocycles. The van der Waals surface area contributed by atoms with Crippen molar-refractivity contribution in [2.75, 3.05) is 11.9 Å². The highest BCUT2D eigenvalue weighted by molar-refractivity contribution is 9.10. The first-order valence-electron chi connectivity index (χ1n) is 6.20. The Labute approximate surface area is 129 Å². The van der Waals surface area contributed by atoms with E-state index in [2.05, 4.69) is 38.0 Å². The topological polar surface area (TPSA) is 50.4 Å². The molecule has 0 saturated carbocycles. The number of carbonyl (C=O) groups excluding carboxylic acids is 1. The van der Waals surface area contributed by atoms with Crippen molar-refractivity contribution in [1.82, 2.24) is 5.32 Å². The molecule has 0 aliphatic carbocycles. The molecular weight excluding hydrogens is 340 g/mol. The molecule has 2 heterocycles. The van der Waals surface area contributed by atoms with Crippen LogP contribution in [0.15, 0.2) is 34.1 Å². The average Bonchev–Trinajstić information content (AvgIpc) is 2.84. The molecule has 20 heavy (non-hydrogen) atoms. The van der Waals surface area contributed by atoms with E-state index in [0.29, 0.717) is 0 Å². The second-order valence-corrected chi connectivity index (χ2v) is 6.41. The zero-order valence-electron chi connectivity index (χ0n) is 10.6. The Morgan fingerprint density at radius 1 is 1.35 bits per heavy atom. The number of benzene rings is 1. The predicted molar refractivity (Wildman–Crippen MR) is 83.1 cm³/mol.